The Morgan fingerprint density at radius 3 is 2.47 bits per heavy atom. The fourth-order valence-electron chi connectivity index (χ4n) is 2.00. The van der Waals surface area contributed by atoms with E-state index in [9.17, 15) is 9.90 Å². The van der Waals surface area contributed by atoms with Crippen LogP contribution in [-0.2, 0) is 6.42 Å². The maximum Gasteiger partial charge on any atom is 0.196 e. The van der Waals surface area contributed by atoms with Gasteiger partial charge in [0.15, 0.2) is 5.78 Å². The zero-order valence-corrected chi connectivity index (χ0v) is 11.0. The first-order valence-electron chi connectivity index (χ1n) is 6.17. The fraction of sp³-hybridized carbons (Fsp3) is 0.188. The molecule has 19 heavy (non-hydrogen) atoms. The molecule has 0 unspecified atom stereocenters. The lowest BCUT2D eigenvalue weighted by atomic mass is 9.99. The van der Waals surface area contributed by atoms with Gasteiger partial charge in [-0.3, -0.25) is 4.79 Å². The number of aryl methyl sites for hydroxylation is 1. The molecule has 3 heteroatoms. The number of ether oxygens (including phenoxy) is 1. The average Bonchev–Trinajstić information content (AvgIpc) is 2.47. The molecule has 3 nitrogen and oxygen atoms in total. The highest BCUT2D eigenvalue weighted by molar-refractivity contribution is 6.10. The van der Waals surface area contributed by atoms with Crippen LogP contribution in [0.4, 0.5) is 0 Å². The Balaban J connectivity index is 2.48. The SMILES string of the molecule is CCc1cc(O)c(C(=O)c2ccccc2)cc1OC. The third kappa shape index (κ3) is 2.60. The van der Waals surface area contributed by atoms with Crippen molar-refractivity contribution in [1.82, 2.24) is 0 Å². The normalized spacial score (nSPS) is 10.2. The Labute approximate surface area is 112 Å². The fourth-order valence-corrected chi connectivity index (χ4v) is 2.00. The monoisotopic (exact) mass is 256 g/mol. The van der Waals surface area contributed by atoms with E-state index in [1.807, 2.05) is 13.0 Å². The number of phenols is 1. The lowest BCUT2D eigenvalue weighted by Gasteiger charge is -2.11. The number of carbonyl (C=O) groups excluding carboxylic acids is 1. The van der Waals surface area contributed by atoms with Crippen molar-refractivity contribution in [2.45, 2.75) is 13.3 Å². The van der Waals surface area contributed by atoms with Gasteiger partial charge in [-0.15, -0.1) is 0 Å². The predicted octanol–water partition coefficient (Wildman–Crippen LogP) is 3.19. The molecule has 0 aromatic heterocycles. The quantitative estimate of drug-likeness (QED) is 0.854. The molecule has 0 aliphatic rings. The van der Waals surface area contributed by atoms with Crippen LogP contribution in [0.1, 0.15) is 28.4 Å². The van der Waals surface area contributed by atoms with Gasteiger partial charge in [0.2, 0.25) is 0 Å². The summed E-state index contributed by atoms with van der Waals surface area (Å²) in [6.07, 6.45) is 0.733. The molecular weight excluding hydrogens is 240 g/mol. The molecule has 2 aromatic carbocycles. The van der Waals surface area contributed by atoms with Gasteiger partial charge in [-0.25, -0.2) is 0 Å². The lowest BCUT2D eigenvalue weighted by Crippen LogP contribution is -2.03. The Morgan fingerprint density at radius 1 is 1.21 bits per heavy atom. The van der Waals surface area contributed by atoms with Crippen molar-refractivity contribution in [3.05, 3.63) is 59.2 Å². The highest BCUT2D eigenvalue weighted by Crippen LogP contribution is 2.30. The van der Waals surface area contributed by atoms with E-state index < -0.39 is 0 Å². The van der Waals surface area contributed by atoms with E-state index >= 15 is 0 Å². The van der Waals surface area contributed by atoms with Gasteiger partial charge in [0.25, 0.3) is 0 Å². The van der Waals surface area contributed by atoms with Crippen LogP contribution in [0.5, 0.6) is 11.5 Å². The van der Waals surface area contributed by atoms with E-state index in [2.05, 4.69) is 0 Å². The van der Waals surface area contributed by atoms with Crippen LogP contribution in [0.25, 0.3) is 0 Å². The Bertz CT molecular complexity index is 588. The summed E-state index contributed by atoms with van der Waals surface area (Å²) < 4.78 is 5.25. The summed E-state index contributed by atoms with van der Waals surface area (Å²) in [6, 6.07) is 12.1. The van der Waals surface area contributed by atoms with Gasteiger partial charge >= 0.3 is 0 Å². The maximum absolute atomic E-state index is 12.3. The molecule has 2 rings (SSSR count). The smallest absolute Gasteiger partial charge is 0.196 e. The first-order valence-corrected chi connectivity index (χ1v) is 6.17. The second-order valence-electron chi connectivity index (χ2n) is 4.23. The summed E-state index contributed by atoms with van der Waals surface area (Å²) in [5.74, 6) is 0.408. The first-order chi connectivity index (χ1) is 9.17. The molecule has 0 atom stereocenters. The number of ketones is 1. The number of hydrogen-bond acceptors (Lipinski definition) is 3. The zero-order valence-electron chi connectivity index (χ0n) is 11.0. The summed E-state index contributed by atoms with van der Waals surface area (Å²) in [5.41, 5.74) is 1.69. The van der Waals surface area contributed by atoms with Gasteiger partial charge in [-0.2, -0.15) is 0 Å². The number of hydrogen-bond donors (Lipinski definition) is 1. The molecule has 0 saturated heterocycles. The number of methoxy groups -OCH3 is 1. The standard InChI is InChI=1S/C16H16O3/c1-3-11-9-14(17)13(10-15(11)19-2)16(18)12-7-5-4-6-8-12/h4-10,17H,3H2,1-2H3. The zero-order chi connectivity index (χ0) is 13.8. The van der Waals surface area contributed by atoms with Gasteiger partial charge in [0.1, 0.15) is 11.5 Å². The van der Waals surface area contributed by atoms with Crippen molar-refractivity contribution in [3.8, 4) is 11.5 Å². The first kappa shape index (κ1) is 13.1. The molecule has 0 aliphatic heterocycles. The van der Waals surface area contributed by atoms with Crippen LogP contribution in [0.3, 0.4) is 0 Å². The van der Waals surface area contributed by atoms with Gasteiger partial charge in [-0.1, -0.05) is 37.3 Å². The van der Waals surface area contributed by atoms with Gasteiger partial charge in [-0.05, 0) is 24.1 Å². The third-order valence-corrected chi connectivity index (χ3v) is 3.06. The van der Waals surface area contributed by atoms with Crippen LogP contribution in [0.15, 0.2) is 42.5 Å². The highest BCUT2D eigenvalue weighted by Gasteiger charge is 2.16. The van der Waals surface area contributed by atoms with Crippen LogP contribution >= 0.6 is 0 Å². The number of rotatable bonds is 4. The molecular formula is C16H16O3. The summed E-state index contributed by atoms with van der Waals surface area (Å²) in [5, 5.41) is 10.00. The van der Waals surface area contributed by atoms with Crippen LogP contribution in [0.2, 0.25) is 0 Å². The Kier molecular flexibility index (Phi) is 3.85. The van der Waals surface area contributed by atoms with E-state index in [-0.39, 0.29) is 17.1 Å². The largest absolute Gasteiger partial charge is 0.507 e. The number of benzene rings is 2. The van der Waals surface area contributed by atoms with E-state index in [1.165, 1.54) is 0 Å². The van der Waals surface area contributed by atoms with E-state index in [0.717, 1.165) is 12.0 Å². The summed E-state index contributed by atoms with van der Waals surface area (Å²) >= 11 is 0. The Morgan fingerprint density at radius 2 is 1.89 bits per heavy atom. The topological polar surface area (TPSA) is 46.5 Å². The average molecular weight is 256 g/mol. The van der Waals surface area contributed by atoms with Crippen molar-refractivity contribution >= 4 is 5.78 Å². The third-order valence-electron chi connectivity index (χ3n) is 3.06. The number of aromatic hydroxyl groups is 1. The predicted molar refractivity (Wildman–Crippen MR) is 73.9 cm³/mol. The molecule has 2 aromatic rings. The second kappa shape index (κ2) is 5.57. The van der Waals surface area contributed by atoms with Crippen molar-refractivity contribution in [2.24, 2.45) is 0 Å². The molecule has 0 fully saturated rings. The van der Waals surface area contributed by atoms with Crippen molar-refractivity contribution < 1.29 is 14.6 Å². The molecule has 0 bridgehead atoms. The molecule has 0 aliphatic carbocycles. The Hall–Kier alpha value is -2.29. The second-order valence-corrected chi connectivity index (χ2v) is 4.23. The summed E-state index contributed by atoms with van der Waals surface area (Å²) in [4.78, 5) is 12.3. The van der Waals surface area contributed by atoms with Gasteiger partial charge in [0, 0.05) is 5.56 Å². The van der Waals surface area contributed by atoms with E-state index in [1.54, 1.807) is 43.5 Å². The summed E-state index contributed by atoms with van der Waals surface area (Å²) in [7, 11) is 1.56. The summed E-state index contributed by atoms with van der Waals surface area (Å²) in [6.45, 7) is 1.97. The molecule has 1 N–H and O–H groups in total. The van der Waals surface area contributed by atoms with Crippen LogP contribution in [0, 0.1) is 0 Å². The van der Waals surface area contributed by atoms with Crippen molar-refractivity contribution in [2.75, 3.05) is 7.11 Å². The van der Waals surface area contributed by atoms with Crippen molar-refractivity contribution in [1.29, 1.82) is 0 Å². The minimum absolute atomic E-state index is 0.00787. The van der Waals surface area contributed by atoms with Crippen LogP contribution in [-0.4, -0.2) is 18.0 Å². The van der Waals surface area contributed by atoms with Gasteiger partial charge in [0.05, 0.1) is 12.7 Å². The number of phenolic OH excluding ortho intramolecular Hbond substituents is 1. The highest BCUT2D eigenvalue weighted by atomic mass is 16.5. The van der Waals surface area contributed by atoms with Crippen molar-refractivity contribution in [3.63, 3.8) is 0 Å². The minimum Gasteiger partial charge on any atom is -0.507 e. The van der Waals surface area contributed by atoms with Gasteiger partial charge < -0.3 is 9.84 Å². The lowest BCUT2D eigenvalue weighted by molar-refractivity contribution is 0.103. The van der Waals surface area contributed by atoms with E-state index in [4.69, 9.17) is 4.74 Å². The molecule has 0 radical (unpaired) electrons. The maximum atomic E-state index is 12.3. The minimum atomic E-state index is -0.209. The van der Waals surface area contributed by atoms with Crippen LogP contribution < -0.4 is 4.74 Å². The molecule has 98 valence electrons. The molecule has 0 heterocycles. The molecule has 0 saturated carbocycles. The van der Waals surface area contributed by atoms with E-state index in [0.29, 0.717) is 11.3 Å². The molecule has 0 spiro atoms. The number of carbonyl (C=O) groups is 1. The molecule has 0 amide bonds.